The Morgan fingerprint density at radius 1 is 0.960 bits per heavy atom. The van der Waals surface area contributed by atoms with E-state index in [-0.39, 0.29) is 10.7 Å². The second-order valence-electron chi connectivity index (χ2n) is 6.43. The van der Waals surface area contributed by atoms with Crippen LogP contribution in [-0.4, -0.2) is 33.3 Å². The van der Waals surface area contributed by atoms with E-state index in [0.717, 1.165) is 5.69 Å². The Balaban J connectivity index is 2.03. The van der Waals surface area contributed by atoms with Gasteiger partial charge in [0.25, 0.3) is 10.0 Å². The summed E-state index contributed by atoms with van der Waals surface area (Å²) < 4.78 is 27.7. The highest BCUT2D eigenvalue weighted by Crippen LogP contribution is 2.37. The largest absolute Gasteiger partial charge is 0.366 e. The molecular weight excluding hydrogens is 336 g/mol. The Morgan fingerprint density at radius 3 is 2.12 bits per heavy atom. The standard InChI is InChI=1S/C19H22N2O3S/c1-14(2)20-12-13-21(19-7-5-4-6-18(19)20)25(23,24)17-10-8-16(9-11-17)15(3)22/h4-11,14H,12-13H2,1-3H3. The Hall–Kier alpha value is -2.34. The Bertz CT molecular complexity index is 889. The molecule has 6 heteroatoms. The molecule has 0 fully saturated rings. The maximum absolute atomic E-state index is 13.1. The highest BCUT2D eigenvalue weighted by Gasteiger charge is 2.32. The van der Waals surface area contributed by atoms with Crippen molar-refractivity contribution in [1.82, 2.24) is 0 Å². The molecule has 0 radical (unpaired) electrons. The van der Waals surface area contributed by atoms with Crippen molar-refractivity contribution in [3.05, 3.63) is 54.1 Å². The number of benzene rings is 2. The first-order chi connectivity index (χ1) is 11.8. The fourth-order valence-corrected chi connectivity index (χ4v) is 4.60. The average molecular weight is 358 g/mol. The Kier molecular flexibility index (Phi) is 4.56. The summed E-state index contributed by atoms with van der Waals surface area (Å²) in [6.45, 7) is 6.69. The molecule has 0 N–H and O–H groups in total. The van der Waals surface area contributed by atoms with Gasteiger partial charge >= 0.3 is 0 Å². The maximum Gasteiger partial charge on any atom is 0.264 e. The number of Topliss-reactive ketones (excluding diaryl/α,β-unsaturated/α-hetero) is 1. The summed E-state index contributed by atoms with van der Waals surface area (Å²) in [6.07, 6.45) is 0. The van der Waals surface area contributed by atoms with Gasteiger partial charge in [0.1, 0.15) is 0 Å². The van der Waals surface area contributed by atoms with Crippen LogP contribution in [0.1, 0.15) is 31.1 Å². The number of rotatable bonds is 4. The van der Waals surface area contributed by atoms with Crippen LogP contribution in [0, 0.1) is 0 Å². The minimum Gasteiger partial charge on any atom is -0.366 e. The van der Waals surface area contributed by atoms with Crippen LogP contribution >= 0.6 is 0 Å². The first-order valence-electron chi connectivity index (χ1n) is 8.32. The number of para-hydroxylation sites is 2. The predicted molar refractivity (Wildman–Crippen MR) is 99.9 cm³/mol. The maximum atomic E-state index is 13.1. The number of nitrogens with zero attached hydrogens (tertiary/aromatic N) is 2. The van der Waals surface area contributed by atoms with Gasteiger partial charge < -0.3 is 4.90 Å². The van der Waals surface area contributed by atoms with E-state index in [1.165, 1.54) is 23.4 Å². The number of anilines is 2. The number of sulfonamides is 1. The smallest absolute Gasteiger partial charge is 0.264 e. The highest BCUT2D eigenvalue weighted by atomic mass is 32.2. The van der Waals surface area contributed by atoms with Gasteiger partial charge in [-0.1, -0.05) is 24.3 Å². The molecule has 0 amide bonds. The van der Waals surface area contributed by atoms with Crippen molar-refractivity contribution in [2.75, 3.05) is 22.3 Å². The summed E-state index contributed by atoms with van der Waals surface area (Å²) in [5.41, 5.74) is 2.12. The van der Waals surface area contributed by atoms with Gasteiger partial charge in [0.2, 0.25) is 0 Å². The molecule has 0 aliphatic carbocycles. The molecule has 0 saturated heterocycles. The third-order valence-corrected chi connectivity index (χ3v) is 6.30. The zero-order chi connectivity index (χ0) is 18.2. The molecule has 0 unspecified atom stereocenters. The van der Waals surface area contributed by atoms with Gasteiger partial charge in [0.05, 0.1) is 22.8 Å². The van der Waals surface area contributed by atoms with E-state index in [0.29, 0.717) is 30.4 Å². The van der Waals surface area contributed by atoms with Crippen LogP contribution in [0.3, 0.4) is 0 Å². The summed E-state index contributed by atoms with van der Waals surface area (Å²) in [7, 11) is -3.67. The predicted octanol–water partition coefficient (Wildman–Crippen LogP) is 3.31. The Morgan fingerprint density at radius 2 is 1.56 bits per heavy atom. The molecule has 1 aliphatic heterocycles. The summed E-state index contributed by atoms with van der Waals surface area (Å²) in [4.78, 5) is 13.8. The second kappa shape index (κ2) is 6.52. The summed E-state index contributed by atoms with van der Waals surface area (Å²) in [5.74, 6) is -0.0835. The number of carbonyl (C=O) groups is 1. The summed E-state index contributed by atoms with van der Waals surface area (Å²) >= 11 is 0. The molecule has 0 aromatic heterocycles. The van der Waals surface area contributed by atoms with E-state index in [4.69, 9.17) is 0 Å². The highest BCUT2D eigenvalue weighted by molar-refractivity contribution is 7.92. The van der Waals surface area contributed by atoms with Crippen LogP contribution in [0.4, 0.5) is 11.4 Å². The van der Waals surface area contributed by atoms with E-state index < -0.39 is 10.0 Å². The lowest BCUT2D eigenvalue weighted by Gasteiger charge is -2.40. The number of ketones is 1. The third kappa shape index (κ3) is 3.14. The molecule has 0 atom stereocenters. The average Bonchev–Trinajstić information content (AvgIpc) is 2.60. The number of carbonyl (C=O) groups excluding carboxylic acids is 1. The molecule has 1 heterocycles. The van der Waals surface area contributed by atoms with Crippen molar-refractivity contribution in [3.63, 3.8) is 0 Å². The van der Waals surface area contributed by atoms with E-state index in [9.17, 15) is 13.2 Å². The van der Waals surface area contributed by atoms with E-state index in [1.54, 1.807) is 12.1 Å². The van der Waals surface area contributed by atoms with Crippen molar-refractivity contribution in [2.24, 2.45) is 0 Å². The van der Waals surface area contributed by atoms with Crippen molar-refractivity contribution in [2.45, 2.75) is 31.7 Å². The SMILES string of the molecule is CC(=O)c1ccc(S(=O)(=O)N2CCN(C(C)C)c3ccccc32)cc1. The second-order valence-corrected chi connectivity index (χ2v) is 8.30. The van der Waals surface area contributed by atoms with Gasteiger partial charge in [0.15, 0.2) is 5.78 Å². The van der Waals surface area contributed by atoms with Crippen LogP contribution in [-0.2, 0) is 10.0 Å². The van der Waals surface area contributed by atoms with Crippen molar-refractivity contribution in [1.29, 1.82) is 0 Å². The van der Waals surface area contributed by atoms with Gasteiger partial charge in [-0.2, -0.15) is 0 Å². The lowest BCUT2D eigenvalue weighted by molar-refractivity contribution is 0.101. The minimum absolute atomic E-state index is 0.0835. The van der Waals surface area contributed by atoms with Crippen molar-refractivity contribution in [3.8, 4) is 0 Å². The molecule has 2 aromatic rings. The normalized spacial score (nSPS) is 14.6. The summed E-state index contributed by atoms with van der Waals surface area (Å²) in [6, 6.07) is 14.0. The van der Waals surface area contributed by atoms with Crippen molar-refractivity contribution >= 4 is 27.2 Å². The molecule has 1 aliphatic rings. The first-order valence-corrected chi connectivity index (χ1v) is 9.76. The molecule has 2 aromatic carbocycles. The zero-order valence-corrected chi connectivity index (χ0v) is 15.5. The minimum atomic E-state index is -3.67. The summed E-state index contributed by atoms with van der Waals surface area (Å²) in [5, 5.41) is 0. The van der Waals surface area contributed by atoms with E-state index in [1.807, 2.05) is 24.3 Å². The third-order valence-electron chi connectivity index (χ3n) is 4.48. The quantitative estimate of drug-likeness (QED) is 0.787. The molecule has 0 spiro atoms. The number of hydrogen-bond acceptors (Lipinski definition) is 4. The molecule has 0 bridgehead atoms. The van der Waals surface area contributed by atoms with Crippen LogP contribution in [0.2, 0.25) is 0 Å². The van der Waals surface area contributed by atoms with Crippen LogP contribution < -0.4 is 9.21 Å². The lowest BCUT2D eigenvalue weighted by Crippen LogP contribution is -2.46. The van der Waals surface area contributed by atoms with Gasteiger partial charge in [-0.3, -0.25) is 9.10 Å². The number of fused-ring (bicyclic) bond motifs is 1. The first kappa shape index (κ1) is 17.5. The van der Waals surface area contributed by atoms with E-state index >= 15 is 0 Å². The molecule has 25 heavy (non-hydrogen) atoms. The molecule has 0 saturated carbocycles. The topological polar surface area (TPSA) is 57.7 Å². The lowest BCUT2D eigenvalue weighted by atomic mass is 10.1. The molecule has 3 rings (SSSR count). The monoisotopic (exact) mass is 358 g/mol. The fraction of sp³-hybridized carbons (Fsp3) is 0.316. The molecule has 5 nitrogen and oxygen atoms in total. The Labute approximate surface area is 148 Å². The van der Waals surface area contributed by atoms with Crippen molar-refractivity contribution < 1.29 is 13.2 Å². The van der Waals surface area contributed by atoms with Crippen LogP contribution in [0.5, 0.6) is 0 Å². The fourth-order valence-electron chi connectivity index (χ4n) is 3.13. The van der Waals surface area contributed by atoms with Gasteiger partial charge in [-0.25, -0.2) is 8.42 Å². The van der Waals surface area contributed by atoms with Crippen LogP contribution in [0.25, 0.3) is 0 Å². The van der Waals surface area contributed by atoms with E-state index in [2.05, 4.69) is 18.7 Å². The zero-order valence-electron chi connectivity index (χ0n) is 14.6. The van der Waals surface area contributed by atoms with Gasteiger partial charge in [-0.15, -0.1) is 0 Å². The van der Waals surface area contributed by atoms with Gasteiger partial charge in [-0.05, 0) is 45.0 Å². The molecule has 132 valence electrons. The molecular formula is C19H22N2O3S. The number of hydrogen-bond donors (Lipinski definition) is 0. The van der Waals surface area contributed by atoms with Crippen LogP contribution in [0.15, 0.2) is 53.4 Å². The van der Waals surface area contributed by atoms with Gasteiger partial charge in [0, 0.05) is 18.2 Å².